The van der Waals surface area contributed by atoms with Crippen LogP contribution in [0.15, 0.2) is 248 Å². The van der Waals surface area contributed by atoms with E-state index in [0.29, 0.717) is 0 Å². The third-order valence-electron chi connectivity index (χ3n) is 12.3. The number of nitrogens with zero attached hydrogens (tertiary/aromatic N) is 2. The summed E-state index contributed by atoms with van der Waals surface area (Å²) in [5.74, 6) is 0.0983. The molecule has 0 amide bonds. The molecule has 10 rings (SSSR count). The summed E-state index contributed by atoms with van der Waals surface area (Å²) in [5.41, 5.74) is 12.1. The van der Waals surface area contributed by atoms with Crippen LogP contribution in [-0.4, -0.2) is 6.04 Å². The van der Waals surface area contributed by atoms with Crippen LogP contribution in [0.1, 0.15) is 30.9 Å². The Labute approximate surface area is 359 Å². The molecule has 0 heterocycles. The summed E-state index contributed by atoms with van der Waals surface area (Å²) < 4.78 is 0. The zero-order valence-electron chi connectivity index (χ0n) is 34.5. The van der Waals surface area contributed by atoms with E-state index in [1.807, 2.05) is 6.08 Å². The molecule has 0 saturated carbocycles. The van der Waals surface area contributed by atoms with Crippen molar-refractivity contribution in [2.75, 3.05) is 9.80 Å². The number of hydrogen-bond donors (Lipinski definition) is 0. The molecular weight excluding hydrogens is 737 g/mol. The quantitative estimate of drug-likeness (QED) is 0.127. The Kier molecular flexibility index (Phi) is 10.3. The lowest BCUT2D eigenvalue weighted by Gasteiger charge is -2.36. The average Bonchev–Trinajstić information content (AvgIpc) is 3.32. The molecule has 3 aliphatic carbocycles. The number of allylic oxidation sites excluding steroid dienone is 9. The van der Waals surface area contributed by atoms with Gasteiger partial charge in [-0.15, -0.1) is 0 Å². The molecule has 3 aliphatic rings. The van der Waals surface area contributed by atoms with Gasteiger partial charge in [-0.1, -0.05) is 164 Å². The van der Waals surface area contributed by atoms with Crippen LogP contribution in [0.4, 0.5) is 17.1 Å². The molecule has 0 aromatic heterocycles. The normalized spacial score (nSPS) is 17.2. The molecular formula is C59H48N2. The first kappa shape index (κ1) is 37.8. The van der Waals surface area contributed by atoms with Gasteiger partial charge in [-0.05, 0) is 146 Å². The number of anilines is 3. The minimum Gasteiger partial charge on any atom is -0.334 e. The topological polar surface area (TPSA) is 6.48 Å². The van der Waals surface area contributed by atoms with Gasteiger partial charge in [0.15, 0.2) is 0 Å². The van der Waals surface area contributed by atoms with Gasteiger partial charge >= 0.3 is 0 Å². The number of rotatable bonds is 10. The van der Waals surface area contributed by atoms with Crippen LogP contribution in [0, 0.1) is 5.92 Å². The van der Waals surface area contributed by atoms with Gasteiger partial charge in [0.2, 0.25) is 0 Å². The second-order valence-electron chi connectivity index (χ2n) is 16.0. The van der Waals surface area contributed by atoms with E-state index in [1.54, 1.807) is 0 Å². The number of para-hydroxylation sites is 2. The smallest absolute Gasteiger partial charge is 0.0559 e. The zero-order valence-corrected chi connectivity index (χ0v) is 34.5. The van der Waals surface area contributed by atoms with Crippen molar-refractivity contribution in [1.29, 1.82) is 0 Å². The molecule has 0 N–H and O–H groups in total. The van der Waals surface area contributed by atoms with Crippen molar-refractivity contribution < 1.29 is 0 Å². The monoisotopic (exact) mass is 784 g/mol. The van der Waals surface area contributed by atoms with Crippen LogP contribution in [0.5, 0.6) is 0 Å². The Morgan fingerprint density at radius 2 is 1.26 bits per heavy atom. The van der Waals surface area contributed by atoms with Crippen molar-refractivity contribution in [3.8, 4) is 0 Å². The average molecular weight is 785 g/mol. The molecule has 2 unspecified atom stereocenters. The van der Waals surface area contributed by atoms with E-state index in [2.05, 4.69) is 242 Å². The van der Waals surface area contributed by atoms with E-state index in [1.165, 1.54) is 71.2 Å². The highest BCUT2D eigenvalue weighted by Gasteiger charge is 2.33. The van der Waals surface area contributed by atoms with E-state index in [9.17, 15) is 0 Å². The lowest BCUT2D eigenvalue weighted by Crippen LogP contribution is -2.40. The van der Waals surface area contributed by atoms with Crippen LogP contribution < -0.4 is 20.2 Å². The van der Waals surface area contributed by atoms with Gasteiger partial charge in [-0.2, -0.15) is 0 Å². The van der Waals surface area contributed by atoms with Crippen LogP contribution in [-0.2, 0) is 0 Å². The number of benzene rings is 7. The molecule has 0 fully saturated rings. The maximum Gasteiger partial charge on any atom is 0.0559 e. The second-order valence-corrected chi connectivity index (χ2v) is 16.0. The molecule has 7 aromatic rings. The maximum atomic E-state index is 4.30. The molecule has 0 bridgehead atoms. The van der Waals surface area contributed by atoms with Crippen LogP contribution in [0.3, 0.4) is 0 Å². The van der Waals surface area contributed by atoms with E-state index in [0.717, 1.165) is 29.9 Å². The molecule has 61 heavy (non-hydrogen) atoms. The fourth-order valence-corrected chi connectivity index (χ4v) is 9.54. The number of hydrogen-bond acceptors (Lipinski definition) is 2. The summed E-state index contributed by atoms with van der Waals surface area (Å²) in [5, 5.41) is 7.50. The van der Waals surface area contributed by atoms with E-state index < -0.39 is 0 Å². The minimum absolute atomic E-state index is 0.0983. The van der Waals surface area contributed by atoms with Gasteiger partial charge in [0, 0.05) is 34.4 Å². The standard InChI is InChI=1S/C59H48N2/c1-3-5-23-48(4-2)60(49-24-9-6-10-25-49)52-34-36-54-56(40-52)58(46-32-30-42-19-15-17-21-44(42)38-46)55-37-35-53(61(50-26-11-7-12-27-50)51-28-13-8-14-29-51)41-57(55)59(54)47-33-31-43-20-16-18-22-45(43)39-47/h3-28,30-35,37-41,51,54H,2,29,36H2,1H3/b5-3-,48-23+. The van der Waals surface area contributed by atoms with Crippen molar-refractivity contribution >= 4 is 49.8 Å². The van der Waals surface area contributed by atoms with Gasteiger partial charge < -0.3 is 9.80 Å². The van der Waals surface area contributed by atoms with Crippen LogP contribution in [0.25, 0.3) is 32.7 Å². The SMILES string of the molecule is C=C/C(=C\C=C/C)N(C1=CCC2C(=C1)C(c1ccc3ccccc3c1)=c1ccc(N(c3ccccc3)C3C=CC=CC3)cc1=C2c1ccc2ccccc2c1)c1ccccc1. The predicted octanol–water partition coefficient (Wildman–Crippen LogP) is 13.4. The Balaban J connectivity index is 1.29. The Morgan fingerprint density at radius 3 is 1.93 bits per heavy atom. The summed E-state index contributed by atoms with van der Waals surface area (Å²) >= 11 is 0. The van der Waals surface area contributed by atoms with Crippen molar-refractivity contribution in [2.24, 2.45) is 5.92 Å². The highest BCUT2D eigenvalue weighted by Crippen LogP contribution is 2.44. The summed E-state index contributed by atoms with van der Waals surface area (Å²) in [7, 11) is 0. The third-order valence-corrected chi connectivity index (χ3v) is 12.3. The molecule has 0 saturated heterocycles. The van der Waals surface area contributed by atoms with Crippen molar-refractivity contribution in [3.05, 3.63) is 270 Å². The summed E-state index contributed by atoms with van der Waals surface area (Å²) in [6.07, 6.45) is 23.9. The van der Waals surface area contributed by atoms with E-state index >= 15 is 0 Å². The van der Waals surface area contributed by atoms with Gasteiger partial charge in [0.1, 0.15) is 0 Å². The Hall–Kier alpha value is -7.42. The Morgan fingerprint density at radius 1 is 0.607 bits per heavy atom. The highest BCUT2D eigenvalue weighted by atomic mass is 15.2. The molecule has 2 atom stereocenters. The van der Waals surface area contributed by atoms with Crippen LogP contribution >= 0.6 is 0 Å². The second kappa shape index (κ2) is 16.7. The van der Waals surface area contributed by atoms with Crippen molar-refractivity contribution in [3.63, 3.8) is 0 Å². The van der Waals surface area contributed by atoms with E-state index in [4.69, 9.17) is 0 Å². The summed E-state index contributed by atoms with van der Waals surface area (Å²) in [4.78, 5) is 4.87. The fourth-order valence-electron chi connectivity index (χ4n) is 9.54. The molecule has 2 heteroatoms. The molecule has 0 aliphatic heterocycles. The number of fused-ring (bicyclic) bond motifs is 4. The zero-order chi connectivity index (χ0) is 41.1. The molecule has 0 radical (unpaired) electrons. The van der Waals surface area contributed by atoms with Gasteiger partial charge in [-0.3, -0.25) is 0 Å². The lowest BCUT2D eigenvalue weighted by molar-refractivity contribution is 0.778. The van der Waals surface area contributed by atoms with Gasteiger partial charge in [-0.25, -0.2) is 0 Å². The third kappa shape index (κ3) is 7.21. The minimum atomic E-state index is 0.0983. The molecule has 0 spiro atoms. The summed E-state index contributed by atoms with van der Waals surface area (Å²) in [6, 6.07) is 60.5. The summed E-state index contributed by atoms with van der Waals surface area (Å²) in [6.45, 7) is 6.35. The predicted molar refractivity (Wildman–Crippen MR) is 260 cm³/mol. The molecule has 294 valence electrons. The molecule has 7 aromatic carbocycles. The highest BCUT2D eigenvalue weighted by molar-refractivity contribution is 5.95. The van der Waals surface area contributed by atoms with Gasteiger partial charge in [0.25, 0.3) is 0 Å². The van der Waals surface area contributed by atoms with Crippen LogP contribution in [0.2, 0.25) is 0 Å². The lowest BCUT2D eigenvalue weighted by atomic mass is 9.71. The van der Waals surface area contributed by atoms with Crippen molar-refractivity contribution in [1.82, 2.24) is 0 Å². The first-order valence-corrected chi connectivity index (χ1v) is 21.5. The molecule has 2 nitrogen and oxygen atoms in total. The first-order valence-electron chi connectivity index (χ1n) is 21.5. The maximum absolute atomic E-state index is 4.30. The van der Waals surface area contributed by atoms with Gasteiger partial charge in [0.05, 0.1) is 6.04 Å². The van der Waals surface area contributed by atoms with E-state index in [-0.39, 0.29) is 12.0 Å². The first-order chi connectivity index (χ1) is 30.2. The van der Waals surface area contributed by atoms with Crippen molar-refractivity contribution in [2.45, 2.75) is 25.8 Å². The largest absolute Gasteiger partial charge is 0.334 e. The fraction of sp³-hybridized carbons (Fsp3) is 0.0847. The Bertz CT molecular complexity index is 3120.